The maximum absolute atomic E-state index is 12.7. The molecule has 7 nitrogen and oxygen atoms in total. The number of nitro benzene ring substituents is 1. The molecule has 28 heavy (non-hydrogen) atoms. The zero-order valence-electron chi connectivity index (χ0n) is 14.7. The number of benzene rings is 2. The van der Waals surface area contributed by atoms with Crippen LogP contribution in [0.5, 0.6) is 0 Å². The molecular weight excluding hydrogens is 425 g/mol. The second-order valence-corrected chi connectivity index (χ2v) is 7.51. The first-order valence-electron chi connectivity index (χ1n) is 8.31. The number of thiazole rings is 1. The third-order valence-corrected chi connectivity index (χ3v) is 5.42. The summed E-state index contributed by atoms with van der Waals surface area (Å²) < 4.78 is 7.93. The van der Waals surface area contributed by atoms with Gasteiger partial charge in [0.1, 0.15) is 5.56 Å². The van der Waals surface area contributed by atoms with Crippen molar-refractivity contribution in [1.29, 1.82) is 0 Å². The highest BCUT2D eigenvalue weighted by molar-refractivity contribution is 7.16. The molecule has 0 atom stereocenters. The zero-order valence-corrected chi connectivity index (χ0v) is 17.1. The molecule has 0 N–H and O–H groups in total. The summed E-state index contributed by atoms with van der Waals surface area (Å²) >= 11 is 13.7. The van der Waals surface area contributed by atoms with E-state index in [1.165, 1.54) is 29.5 Å². The lowest BCUT2D eigenvalue weighted by Gasteiger charge is -2.07. The maximum atomic E-state index is 12.7. The van der Waals surface area contributed by atoms with Crippen LogP contribution in [0.2, 0.25) is 10.0 Å². The van der Waals surface area contributed by atoms with Crippen LogP contribution in [0.4, 0.5) is 5.69 Å². The number of carbonyl (C=O) groups is 1. The lowest BCUT2D eigenvalue weighted by Crippen LogP contribution is -2.20. The van der Waals surface area contributed by atoms with Crippen molar-refractivity contribution in [3.63, 3.8) is 0 Å². The van der Waals surface area contributed by atoms with Gasteiger partial charge in [0.25, 0.3) is 11.6 Å². The van der Waals surface area contributed by atoms with E-state index < -0.39 is 10.8 Å². The number of nitro groups is 1. The molecular formula is C18H15Cl2N3O4S. The first-order valence-corrected chi connectivity index (χ1v) is 9.88. The predicted octanol–water partition coefficient (Wildman–Crippen LogP) is 4.70. The topological polar surface area (TPSA) is 86.7 Å². The number of nitrogens with zero attached hydrogens (tertiary/aromatic N) is 3. The molecule has 0 saturated carbocycles. The molecule has 0 radical (unpaired) electrons. The van der Waals surface area contributed by atoms with Gasteiger partial charge in [-0.25, -0.2) is 0 Å². The number of halogens is 2. The molecule has 0 aliphatic carbocycles. The molecule has 3 aromatic rings. The minimum atomic E-state index is -0.703. The molecule has 3 rings (SSSR count). The molecule has 2 aromatic carbocycles. The van der Waals surface area contributed by atoms with Gasteiger partial charge in [-0.1, -0.05) is 46.7 Å². The first-order chi connectivity index (χ1) is 13.4. The van der Waals surface area contributed by atoms with Crippen LogP contribution >= 0.6 is 34.5 Å². The Hall–Kier alpha value is -2.26. The Balaban J connectivity index is 2.16. The Kier molecular flexibility index (Phi) is 6.46. The van der Waals surface area contributed by atoms with E-state index in [4.69, 9.17) is 27.9 Å². The fraction of sp³-hybridized carbons (Fsp3) is 0.222. The molecule has 0 fully saturated rings. The van der Waals surface area contributed by atoms with Gasteiger partial charge in [-0.05, 0) is 25.1 Å². The van der Waals surface area contributed by atoms with Gasteiger partial charge in [-0.15, -0.1) is 0 Å². The molecule has 1 aromatic heterocycles. The number of ether oxygens (including phenoxy) is 1. The fourth-order valence-corrected chi connectivity index (χ4v) is 4.52. The van der Waals surface area contributed by atoms with Crippen molar-refractivity contribution in [1.82, 2.24) is 4.57 Å². The van der Waals surface area contributed by atoms with Gasteiger partial charge < -0.3 is 9.30 Å². The highest BCUT2D eigenvalue weighted by Crippen LogP contribution is 2.30. The number of amides is 1. The van der Waals surface area contributed by atoms with Crippen LogP contribution in [-0.2, 0) is 11.3 Å². The minimum absolute atomic E-state index is 0.0783. The van der Waals surface area contributed by atoms with E-state index in [0.29, 0.717) is 40.1 Å². The number of carbonyl (C=O) groups excluding carboxylic acids is 1. The molecule has 0 unspecified atom stereocenters. The Bertz CT molecular complexity index is 1120. The quantitative estimate of drug-likeness (QED) is 0.316. The predicted molar refractivity (Wildman–Crippen MR) is 109 cm³/mol. The summed E-state index contributed by atoms with van der Waals surface area (Å²) in [5, 5.41) is 12.1. The number of aromatic nitrogens is 1. The summed E-state index contributed by atoms with van der Waals surface area (Å²) in [7, 11) is 0. The standard InChI is InChI=1S/C18H15Cl2N3O4S/c1-2-27-8-7-22-16-13(20)9-11(19)10-15(16)28-18(22)21-17(24)12-5-3-4-6-14(12)23(25)26/h3-6,9-10H,2,7-8H2,1H3. The van der Waals surface area contributed by atoms with Crippen molar-refractivity contribution in [2.75, 3.05) is 13.2 Å². The number of rotatable bonds is 6. The second kappa shape index (κ2) is 8.83. The number of fused-ring (bicyclic) bond motifs is 1. The highest BCUT2D eigenvalue weighted by atomic mass is 35.5. The van der Waals surface area contributed by atoms with Crippen molar-refractivity contribution in [3.8, 4) is 0 Å². The Morgan fingerprint density at radius 2 is 2.07 bits per heavy atom. The van der Waals surface area contributed by atoms with Crippen LogP contribution in [0, 0.1) is 10.1 Å². The first kappa shape index (κ1) is 20.5. The minimum Gasteiger partial charge on any atom is -0.380 e. The second-order valence-electron chi connectivity index (χ2n) is 5.66. The molecule has 0 aliphatic heterocycles. The van der Waals surface area contributed by atoms with Gasteiger partial charge in [0.15, 0.2) is 4.80 Å². The summed E-state index contributed by atoms with van der Waals surface area (Å²) in [5.74, 6) is -0.703. The third kappa shape index (κ3) is 4.25. The number of hydrogen-bond donors (Lipinski definition) is 0. The Labute approximate surface area is 173 Å². The van der Waals surface area contributed by atoms with Crippen molar-refractivity contribution in [3.05, 3.63) is 66.9 Å². The molecule has 10 heteroatoms. The lowest BCUT2D eigenvalue weighted by atomic mass is 10.2. The summed E-state index contributed by atoms with van der Waals surface area (Å²) in [6.07, 6.45) is 0. The van der Waals surface area contributed by atoms with E-state index in [-0.39, 0.29) is 11.3 Å². The van der Waals surface area contributed by atoms with Crippen molar-refractivity contribution < 1.29 is 14.5 Å². The molecule has 0 bridgehead atoms. The van der Waals surface area contributed by atoms with Gasteiger partial charge in [0.05, 0.1) is 26.8 Å². The molecule has 146 valence electrons. The van der Waals surface area contributed by atoms with Gasteiger partial charge >= 0.3 is 0 Å². The van der Waals surface area contributed by atoms with E-state index in [0.717, 1.165) is 4.70 Å². The monoisotopic (exact) mass is 439 g/mol. The molecule has 1 heterocycles. The molecule has 0 aliphatic rings. The fourth-order valence-electron chi connectivity index (χ4n) is 2.68. The molecule has 0 saturated heterocycles. The van der Waals surface area contributed by atoms with E-state index in [9.17, 15) is 14.9 Å². The van der Waals surface area contributed by atoms with Crippen molar-refractivity contribution in [2.45, 2.75) is 13.5 Å². The summed E-state index contributed by atoms with van der Waals surface area (Å²) in [6.45, 7) is 3.24. The van der Waals surface area contributed by atoms with E-state index >= 15 is 0 Å². The Morgan fingerprint density at radius 3 is 2.79 bits per heavy atom. The van der Waals surface area contributed by atoms with Crippen LogP contribution in [0.15, 0.2) is 41.4 Å². The van der Waals surface area contributed by atoms with Gasteiger partial charge in [-0.2, -0.15) is 4.99 Å². The zero-order chi connectivity index (χ0) is 20.3. The van der Waals surface area contributed by atoms with Crippen LogP contribution in [0.3, 0.4) is 0 Å². The summed E-state index contributed by atoms with van der Waals surface area (Å²) in [4.78, 5) is 27.8. The van der Waals surface area contributed by atoms with Crippen LogP contribution < -0.4 is 4.80 Å². The smallest absolute Gasteiger partial charge is 0.286 e. The van der Waals surface area contributed by atoms with Crippen LogP contribution in [0.1, 0.15) is 17.3 Å². The van der Waals surface area contributed by atoms with E-state index in [1.54, 1.807) is 22.8 Å². The van der Waals surface area contributed by atoms with Crippen molar-refractivity contribution in [2.24, 2.45) is 4.99 Å². The highest BCUT2D eigenvalue weighted by Gasteiger charge is 2.20. The van der Waals surface area contributed by atoms with E-state index in [2.05, 4.69) is 4.99 Å². The van der Waals surface area contributed by atoms with Crippen LogP contribution in [0.25, 0.3) is 10.2 Å². The average Bonchev–Trinajstić information content (AvgIpc) is 2.99. The summed E-state index contributed by atoms with van der Waals surface area (Å²) in [6, 6.07) is 9.06. The van der Waals surface area contributed by atoms with Gasteiger partial charge in [-0.3, -0.25) is 14.9 Å². The Morgan fingerprint density at radius 1 is 1.32 bits per heavy atom. The third-order valence-electron chi connectivity index (χ3n) is 3.89. The SMILES string of the molecule is CCOCCn1c(=NC(=O)c2ccccc2[N+](=O)[O-])sc2cc(Cl)cc(Cl)c21. The number of para-hydroxylation sites is 1. The van der Waals surface area contributed by atoms with Crippen molar-refractivity contribution >= 4 is 56.3 Å². The van der Waals surface area contributed by atoms with Crippen LogP contribution in [-0.4, -0.2) is 28.6 Å². The maximum Gasteiger partial charge on any atom is 0.286 e. The molecule has 1 amide bonds. The lowest BCUT2D eigenvalue weighted by molar-refractivity contribution is -0.385. The van der Waals surface area contributed by atoms with Gasteiger partial charge in [0, 0.05) is 24.2 Å². The normalized spacial score (nSPS) is 11.9. The molecule has 0 spiro atoms. The number of hydrogen-bond acceptors (Lipinski definition) is 5. The average molecular weight is 440 g/mol. The summed E-state index contributed by atoms with van der Waals surface area (Å²) in [5.41, 5.74) is 0.314. The van der Waals surface area contributed by atoms with Gasteiger partial charge in [0.2, 0.25) is 0 Å². The largest absolute Gasteiger partial charge is 0.380 e. The van der Waals surface area contributed by atoms with E-state index in [1.807, 2.05) is 6.92 Å².